The minimum absolute atomic E-state index is 0.0584. The Morgan fingerprint density at radius 1 is 0.960 bits per heavy atom. The number of rotatable bonds is 3. The van der Waals surface area contributed by atoms with Gasteiger partial charge >= 0.3 is 12.3 Å². The summed E-state index contributed by atoms with van der Waals surface area (Å²) in [6, 6.07) is 13.1. The summed E-state index contributed by atoms with van der Waals surface area (Å²) in [5.41, 5.74) is 0.282. The number of carbonyl (C=O) groups is 2. The van der Waals surface area contributed by atoms with Gasteiger partial charge in [0.1, 0.15) is 0 Å². The van der Waals surface area contributed by atoms with Crippen molar-refractivity contribution >= 4 is 18.1 Å². The smallest absolute Gasteiger partial charge is 0.404 e. The summed E-state index contributed by atoms with van der Waals surface area (Å²) >= 11 is 0. The molecule has 0 atom stereocenters. The highest BCUT2D eigenvalue weighted by Crippen LogP contribution is 2.29. The minimum atomic E-state index is -4.44. The normalized spacial score (nSPS) is 16.4. The van der Waals surface area contributed by atoms with Gasteiger partial charge in [-0.3, -0.25) is 4.79 Å². The first-order valence-corrected chi connectivity index (χ1v) is 7.31. The van der Waals surface area contributed by atoms with Crippen LogP contribution in [0.25, 0.3) is 6.08 Å². The predicted octanol–water partition coefficient (Wildman–Crippen LogP) is 4.23. The van der Waals surface area contributed by atoms with Crippen molar-refractivity contribution in [3.05, 3.63) is 77.0 Å². The van der Waals surface area contributed by atoms with Crippen molar-refractivity contribution in [3.63, 3.8) is 0 Å². The Balaban J connectivity index is 1.78. The van der Waals surface area contributed by atoms with E-state index in [4.69, 9.17) is 4.74 Å². The number of hydrogen-bond donors (Lipinski definition) is 0. The van der Waals surface area contributed by atoms with Crippen LogP contribution in [0.3, 0.4) is 0 Å². The highest BCUT2D eigenvalue weighted by Gasteiger charge is 2.36. The van der Waals surface area contributed by atoms with Crippen molar-refractivity contribution in [1.82, 2.24) is 4.90 Å². The van der Waals surface area contributed by atoms with Gasteiger partial charge in [0, 0.05) is 0 Å². The summed E-state index contributed by atoms with van der Waals surface area (Å²) in [4.78, 5) is 25.1. The van der Waals surface area contributed by atoms with Crippen LogP contribution in [0.15, 0.2) is 60.4 Å². The molecule has 1 aliphatic rings. The molecule has 0 N–H and O–H groups in total. The molecule has 128 valence electrons. The maximum Gasteiger partial charge on any atom is 0.422 e. The molecule has 0 aliphatic carbocycles. The van der Waals surface area contributed by atoms with Crippen LogP contribution in [-0.4, -0.2) is 16.9 Å². The van der Waals surface area contributed by atoms with Gasteiger partial charge in [-0.2, -0.15) is 13.2 Å². The fraction of sp³-hybridized carbons (Fsp3) is 0.111. The number of ether oxygens (including phenoxy) is 1. The zero-order valence-corrected chi connectivity index (χ0v) is 12.8. The zero-order valence-electron chi connectivity index (χ0n) is 12.8. The van der Waals surface area contributed by atoms with Crippen molar-refractivity contribution in [2.24, 2.45) is 0 Å². The van der Waals surface area contributed by atoms with Crippen molar-refractivity contribution < 1.29 is 27.5 Å². The molecule has 0 unspecified atom stereocenters. The first-order valence-electron chi connectivity index (χ1n) is 7.31. The molecule has 2 aromatic carbocycles. The van der Waals surface area contributed by atoms with E-state index in [1.807, 2.05) is 6.07 Å². The summed E-state index contributed by atoms with van der Waals surface area (Å²) in [5.74, 6) is -0.852. The Bertz CT molecular complexity index is 827. The highest BCUT2D eigenvalue weighted by molar-refractivity contribution is 6.09. The number of hydrogen-bond acceptors (Lipinski definition) is 3. The van der Waals surface area contributed by atoms with Crippen LogP contribution in [0.2, 0.25) is 0 Å². The first kappa shape index (κ1) is 16.8. The molecule has 25 heavy (non-hydrogen) atoms. The molecule has 0 saturated carbocycles. The van der Waals surface area contributed by atoms with Gasteiger partial charge in [0.15, 0.2) is 5.76 Å². The quantitative estimate of drug-likeness (QED) is 0.781. The van der Waals surface area contributed by atoms with E-state index in [0.717, 1.165) is 22.6 Å². The van der Waals surface area contributed by atoms with Crippen LogP contribution in [-0.2, 0) is 22.3 Å². The number of alkyl halides is 3. The van der Waals surface area contributed by atoms with E-state index in [1.54, 1.807) is 24.3 Å². The molecule has 0 aromatic heterocycles. The zero-order chi connectivity index (χ0) is 18.0. The third-order valence-corrected chi connectivity index (χ3v) is 3.59. The van der Waals surface area contributed by atoms with Gasteiger partial charge in [-0.1, -0.05) is 42.5 Å². The Hall–Kier alpha value is -3.09. The highest BCUT2D eigenvalue weighted by atomic mass is 19.4. The molecular weight excluding hydrogens is 335 g/mol. The van der Waals surface area contributed by atoms with Crippen LogP contribution in [0, 0.1) is 0 Å². The van der Waals surface area contributed by atoms with E-state index >= 15 is 0 Å². The average Bonchev–Trinajstić information content (AvgIpc) is 2.83. The summed E-state index contributed by atoms with van der Waals surface area (Å²) in [5, 5.41) is 0. The lowest BCUT2D eigenvalue weighted by Crippen LogP contribution is -2.28. The second kappa shape index (κ2) is 6.43. The van der Waals surface area contributed by atoms with Crippen LogP contribution in [0.1, 0.15) is 16.7 Å². The van der Waals surface area contributed by atoms with Crippen molar-refractivity contribution in [2.45, 2.75) is 12.7 Å². The van der Waals surface area contributed by atoms with Gasteiger partial charge in [-0.25, -0.2) is 9.69 Å². The Kier molecular flexibility index (Phi) is 4.31. The summed E-state index contributed by atoms with van der Waals surface area (Å²) in [7, 11) is 0. The fourth-order valence-electron chi connectivity index (χ4n) is 2.32. The van der Waals surface area contributed by atoms with Crippen molar-refractivity contribution in [1.29, 1.82) is 0 Å². The lowest BCUT2D eigenvalue weighted by molar-refractivity contribution is -0.137. The second-order valence-electron chi connectivity index (χ2n) is 5.37. The molecule has 2 aromatic rings. The van der Waals surface area contributed by atoms with E-state index < -0.39 is 23.7 Å². The number of halogens is 3. The van der Waals surface area contributed by atoms with Crippen LogP contribution < -0.4 is 0 Å². The van der Waals surface area contributed by atoms with Gasteiger partial charge < -0.3 is 4.74 Å². The molecule has 0 bridgehead atoms. The van der Waals surface area contributed by atoms with E-state index in [2.05, 4.69) is 0 Å². The Morgan fingerprint density at radius 3 is 2.20 bits per heavy atom. The molecule has 1 saturated heterocycles. The Morgan fingerprint density at radius 2 is 1.60 bits per heavy atom. The molecule has 0 spiro atoms. The molecule has 4 nitrogen and oxygen atoms in total. The topological polar surface area (TPSA) is 46.6 Å². The number of imide groups is 1. The predicted molar refractivity (Wildman–Crippen MR) is 82.9 cm³/mol. The van der Waals surface area contributed by atoms with Gasteiger partial charge in [0.2, 0.25) is 0 Å². The third kappa shape index (κ3) is 3.71. The van der Waals surface area contributed by atoms with Crippen LogP contribution >= 0.6 is 0 Å². The molecule has 7 heteroatoms. The van der Waals surface area contributed by atoms with E-state index in [-0.39, 0.29) is 12.3 Å². The van der Waals surface area contributed by atoms with Crippen molar-refractivity contribution in [2.75, 3.05) is 0 Å². The maximum absolute atomic E-state index is 12.6. The summed E-state index contributed by atoms with van der Waals surface area (Å²) < 4.78 is 42.6. The number of nitrogens with zero attached hydrogens (tertiary/aromatic N) is 1. The van der Waals surface area contributed by atoms with E-state index in [1.165, 1.54) is 18.2 Å². The molecular formula is C18H12F3NO3. The molecule has 1 fully saturated rings. The van der Waals surface area contributed by atoms with Gasteiger partial charge in [0.25, 0.3) is 5.91 Å². The van der Waals surface area contributed by atoms with E-state index in [0.29, 0.717) is 5.56 Å². The van der Waals surface area contributed by atoms with Gasteiger partial charge in [-0.15, -0.1) is 0 Å². The first-order chi connectivity index (χ1) is 11.8. The fourth-order valence-corrected chi connectivity index (χ4v) is 2.32. The van der Waals surface area contributed by atoms with Gasteiger partial charge in [-0.05, 0) is 29.3 Å². The molecule has 1 heterocycles. The molecule has 1 aliphatic heterocycles. The summed E-state index contributed by atoms with van der Waals surface area (Å²) in [6.45, 7) is 0.0584. The third-order valence-electron chi connectivity index (χ3n) is 3.59. The molecule has 0 radical (unpaired) electrons. The average molecular weight is 347 g/mol. The van der Waals surface area contributed by atoms with Crippen molar-refractivity contribution in [3.8, 4) is 0 Å². The maximum atomic E-state index is 12.6. The number of carbonyl (C=O) groups excluding carboxylic acids is 2. The number of benzene rings is 2. The monoisotopic (exact) mass is 347 g/mol. The van der Waals surface area contributed by atoms with Gasteiger partial charge in [0.05, 0.1) is 12.1 Å². The Labute approximate surface area is 141 Å². The number of cyclic esters (lactones) is 1. The number of amides is 2. The minimum Gasteiger partial charge on any atom is -0.404 e. The van der Waals surface area contributed by atoms with Crippen LogP contribution in [0.5, 0.6) is 0 Å². The SMILES string of the molecule is O=C1O/C(=C\c2ccc(C(F)(F)F)cc2)C(=O)N1Cc1ccccc1. The lowest BCUT2D eigenvalue weighted by atomic mass is 10.1. The second-order valence-corrected chi connectivity index (χ2v) is 5.37. The largest absolute Gasteiger partial charge is 0.422 e. The molecule has 2 amide bonds. The standard InChI is InChI=1S/C18H12F3NO3/c19-18(20,21)14-8-6-12(7-9-14)10-15-16(23)22(17(24)25-15)11-13-4-2-1-3-5-13/h1-10H,11H2/b15-10-. The van der Waals surface area contributed by atoms with E-state index in [9.17, 15) is 22.8 Å². The lowest BCUT2D eigenvalue weighted by Gasteiger charge is -2.09. The van der Waals surface area contributed by atoms with Crippen LogP contribution in [0.4, 0.5) is 18.0 Å². The summed E-state index contributed by atoms with van der Waals surface area (Å²) in [6.07, 6.45) is -4.01. The molecule has 3 rings (SSSR count).